The van der Waals surface area contributed by atoms with E-state index in [4.69, 9.17) is 4.74 Å². The zero-order chi connectivity index (χ0) is 15.3. The Bertz CT molecular complexity index is 459. The normalized spacial score (nSPS) is 16.4. The van der Waals surface area contributed by atoms with E-state index < -0.39 is 0 Å². The second-order valence-corrected chi connectivity index (χ2v) is 6.38. The molecule has 118 valence electrons. The lowest BCUT2D eigenvalue weighted by molar-refractivity contribution is 0.179. The van der Waals surface area contributed by atoms with Gasteiger partial charge in [0.25, 0.3) is 0 Å². The van der Waals surface area contributed by atoms with Crippen LogP contribution in [-0.2, 0) is 0 Å². The molecule has 2 rings (SSSR count). The average molecular weight is 293 g/mol. The summed E-state index contributed by atoms with van der Waals surface area (Å²) in [5, 5.41) is 6.53. The smallest absolute Gasteiger partial charge is 0.323 e. The molecule has 0 saturated heterocycles. The van der Waals surface area contributed by atoms with E-state index >= 15 is 0 Å². The molecule has 1 aliphatic rings. The molecule has 0 amide bonds. The number of hydrogen-bond acceptors (Lipinski definition) is 6. The van der Waals surface area contributed by atoms with Crippen LogP contribution < -0.4 is 15.4 Å². The zero-order valence-electron chi connectivity index (χ0n) is 13.6. The van der Waals surface area contributed by atoms with Crippen molar-refractivity contribution in [3.05, 3.63) is 0 Å². The fourth-order valence-corrected chi connectivity index (χ4v) is 2.26. The monoisotopic (exact) mass is 293 g/mol. The van der Waals surface area contributed by atoms with Gasteiger partial charge in [-0.05, 0) is 38.5 Å². The quantitative estimate of drug-likeness (QED) is 0.767. The summed E-state index contributed by atoms with van der Waals surface area (Å²) in [6, 6.07) is 0.375. The topological polar surface area (TPSA) is 72.0 Å². The van der Waals surface area contributed by atoms with E-state index in [2.05, 4.69) is 39.4 Å². The van der Waals surface area contributed by atoms with Crippen LogP contribution in [0, 0.1) is 5.41 Å². The Kier molecular flexibility index (Phi) is 5.20. The molecular formula is C15H27N5O. The van der Waals surface area contributed by atoms with Gasteiger partial charge in [0.15, 0.2) is 0 Å². The second kappa shape index (κ2) is 6.91. The van der Waals surface area contributed by atoms with Crippen molar-refractivity contribution >= 4 is 11.9 Å². The van der Waals surface area contributed by atoms with Gasteiger partial charge >= 0.3 is 6.01 Å². The minimum atomic E-state index is 0.0448. The largest absolute Gasteiger partial charge is 0.461 e. The Morgan fingerprint density at radius 3 is 2.33 bits per heavy atom. The van der Waals surface area contributed by atoms with Gasteiger partial charge in [-0.2, -0.15) is 15.0 Å². The van der Waals surface area contributed by atoms with Gasteiger partial charge in [-0.1, -0.05) is 20.3 Å². The highest BCUT2D eigenvalue weighted by molar-refractivity contribution is 5.36. The molecule has 1 fully saturated rings. The standard InChI is InChI=1S/C15H27N5O/c1-5-9-16-12-18-13(17-10-15(4)7-6-8-15)20-14(19-12)21-11(2)3/h11H,5-10H2,1-4H3,(H2,16,17,18,19,20). The van der Waals surface area contributed by atoms with Gasteiger partial charge in [-0.15, -0.1) is 0 Å². The highest BCUT2D eigenvalue weighted by Gasteiger charge is 2.31. The highest BCUT2D eigenvalue weighted by atomic mass is 16.5. The first kappa shape index (κ1) is 15.8. The van der Waals surface area contributed by atoms with E-state index in [-0.39, 0.29) is 6.10 Å². The van der Waals surface area contributed by atoms with Crippen molar-refractivity contribution in [2.75, 3.05) is 23.7 Å². The summed E-state index contributed by atoms with van der Waals surface area (Å²) in [5.74, 6) is 1.16. The minimum Gasteiger partial charge on any atom is -0.461 e. The first-order valence-electron chi connectivity index (χ1n) is 7.91. The Morgan fingerprint density at radius 2 is 1.81 bits per heavy atom. The molecule has 6 nitrogen and oxygen atoms in total. The molecule has 21 heavy (non-hydrogen) atoms. The lowest BCUT2D eigenvalue weighted by atomic mass is 9.70. The van der Waals surface area contributed by atoms with E-state index in [9.17, 15) is 0 Å². The highest BCUT2D eigenvalue weighted by Crippen LogP contribution is 2.40. The number of nitrogens with one attached hydrogen (secondary N) is 2. The number of ether oxygens (including phenoxy) is 1. The van der Waals surface area contributed by atoms with Crippen LogP contribution in [0.3, 0.4) is 0 Å². The number of rotatable bonds is 8. The minimum absolute atomic E-state index is 0.0448. The summed E-state index contributed by atoms with van der Waals surface area (Å²) in [6.07, 6.45) is 4.92. The van der Waals surface area contributed by atoms with Crippen LogP contribution in [0.2, 0.25) is 0 Å². The third kappa shape index (κ3) is 4.72. The van der Waals surface area contributed by atoms with Crippen molar-refractivity contribution < 1.29 is 4.74 Å². The maximum atomic E-state index is 5.61. The number of aromatic nitrogens is 3. The molecule has 0 bridgehead atoms. The van der Waals surface area contributed by atoms with Gasteiger partial charge in [0.1, 0.15) is 0 Å². The van der Waals surface area contributed by atoms with Crippen molar-refractivity contribution in [1.82, 2.24) is 15.0 Å². The summed E-state index contributed by atoms with van der Waals surface area (Å²) < 4.78 is 5.61. The van der Waals surface area contributed by atoms with E-state index in [1.807, 2.05) is 13.8 Å². The van der Waals surface area contributed by atoms with E-state index in [0.29, 0.717) is 23.3 Å². The van der Waals surface area contributed by atoms with E-state index in [1.165, 1.54) is 19.3 Å². The number of hydrogen-bond donors (Lipinski definition) is 2. The molecule has 1 aromatic rings. The first-order chi connectivity index (χ1) is 10.0. The summed E-state index contributed by atoms with van der Waals surface area (Å²) in [6.45, 7) is 10.1. The van der Waals surface area contributed by atoms with Crippen molar-refractivity contribution in [1.29, 1.82) is 0 Å². The van der Waals surface area contributed by atoms with Gasteiger partial charge in [0.2, 0.25) is 11.9 Å². The van der Waals surface area contributed by atoms with Crippen molar-refractivity contribution in [3.63, 3.8) is 0 Å². The molecular weight excluding hydrogens is 266 g/mol. The third-order valence-corrected chi connectivity index (χ3v) is 3.72. The molecule has 0 radical (unpaired) electrons. The fraction of sp³-hybridized carbons (Fsp3) is 0.800. The first-order valence-corrected chi connectivity index (χ1v) is 7.91. The zero-order valence-corrected chi connectivity index (χ0v) is 13.6. The molecule has 6 heteroatoms. The maximum absolute atomic E-state index is 5.61. The summed E-state index contributed by atoms with van der Waals surface area (Å²) in [5.41, 5.74) is 0.378. The predicted molar refractivity (Wildman–Crippen MR) is 84.8 cm³/mol. The number of anilines is 2. The molecule has 0 spiro atoms. The fourth-order valence-electron chi connectivity index (χ4n) is 2.26. The molecule has 2 N–H and O–H groups in total. The lowest BCUT2D eigenvalue weighted by Crippen LogP contribution is -2.33. The van der Waals surface area contributed by atoms with E-state index in [0.717, 1.165) is 19.5 Å². The predicted octanol–water partition coefficient (Wildman–Crippen LogP) is 3.08. The van der Waals surface area contributed by atoms with Crippen LogP contribution in [0.25, 0.3) is 0 Å². The third-order valence-electron chi connectivity index (χ3n) is 3.72. The Hall–Kier alpha value is -1.59. The van der Waals surface area contributed by atoms with Crippen LogP contribution in [0.5, 0.6) is 6.01 Å². The van der Waals surface area contributed by atoms with Gasteiger partial charge in [-0.3, -0.25) is 0 Å². The summed E-state index contributed by atoms with van der Waals surface area (Å²) in [7, 11) is 0. The molecule has 0 aliphatic heterocycles. The van der Waals surface area contributed by atoms with E-state index in [1.54, 1.807) is 0 Å². The van der Waals surface area contributed by atoms with Crippen LogP contribution in [0.4, 0.5) is 11.9 Å². The van der Waals surface area contributed by atoms with Crippen LogP contribution in [-0.4, -0.2) is 34.1 Å². The van der Waals surface area contributed by atoms with Crippen LogP contribution >= 0.6 is 0 Å². The molecule has 1 aromatic heterocycles. The Balaban J connectivity index is 2.05. The average Bonchev–Trinajstić information content (AvgIpc) is 2.40. The maximum Gasteiger partial charge on any atom is 0.323 e. The SMILES string of the molecule is CCCNc1nc(NCC2(C)CCC2)nc(OC(C)C)n1. The second-order valence-electron chi connectivity index (χ2n) is 6.38. The van der Waals surface area contributed by atoms with Gasteiger partial charge < -0.3 is 15.4 Å². The molecule has 0 unspecified atom stereocenters. The lowest BCUT2D eigenvalue weighted by Gasteiger charge is -2.38. The number of nitrogens with zero attached hydrogens (tertiary/aromatic N) is 3. The summed E-state index contributed by atoms with van der Waals surface area (Å²) in [4.78, 5) is 13.1. The molecule has 1 aliphatic carbocycles. The molecule has 1 saturated carbocycles. The van der Waals surface area contributed by atoms with Crippen LogP contribution in [0.15, 0.2) is 0 Å². The Labute approximate surface area is 127 Å². The van der Waals surface area contributed by atoms with Crippen molar-refractivity contribution in [2.45, 2.75) is 59.5 Å². The van der Waals surface area contributed by atoms with Crippen molar-refractivity contribution in [3.8, 4) is 6.01 Å². The van der Waals surface area contributed by atoms with Gasteiger partial charge in [0, 0.05) is 13.1 Å². The van der Waals surface area contributed by atoms with Crippen molar-refractivity contribution in [2.24, 2.45) is 5.41 Å². The Morgan fingerprint density at radius 1 is 1.14 bits per heavy atom. The van der Waals surface area contributed by atoms with Crippen LogP contribution in [0.1, 0.15) is 53.4 Å². The van der Waals surface area contributed by atoms with Gasteiger partial charge in [-0.25, -0.2) is 0 Å². The molecule has 0 atom stereocenters. The van der Waals surface area contributed by atoms with Gasteiger partial charge in [0.05, 0.1) is 6.10 Å². The molecule has 0 aromatic carbocycles. The molecule has 1 heterocycles. The summed E-state index contributed by atoms with van der Waals surface area (Å²) >= 11 is 0.